The highest BCUT2D eigenvalue weighted by atomic mass is 19.3. The standard InChI is InChI=1S/C27H41F3/c1-17-6-8-22(16-19(17)3)9-11-24-13-15-25(27(29,30)21(24)5)14-12-23-10-7-18(2)26(28)20(23)4/h6-8,10,13,15,17-26H,9,11-12,14,16H2,1-5H3. The van der Waals surface area contributed by atoms with Crippen LogP contribution >= 0.6 is 0 Å². The van der Waals surface area contributed by atoms with Gasteiger partial charge in [0.1, 0.15) is 6.17 Å². The van der Waals surface area contributed by atoms with Gasteiger partial charge in [0.25, 0.3) is 5.92 Å². The maximum atomic E-state index is 15.2. The molecule has 30 heavy (non-hydrogen) atoms. The molecule has 0 saturated carbocycles. The number of hydrogen-bond donors (Lipinski definition) is 0. The SMILES string of the molecule is CC1C=CC(CCC2C=CC(CCC3C=CC(C)C(F)C3C)C(F)(F)C2C)CC1C. The van der Waals surface area contributed by atoms with Crippen molar-refractivity contribution < 1.29 is 13.2 Å². The Bertz CT molecular complexity index is 648. The maximum absolute atomic E-state index is 15.2. The highest BCUT2D eigenvalue weighted by Crippen LogP contribution is 2.47. The summed E-state index contributed by atoms with van der Waals surface area (Å²) in [6, 6.07) is 0. The van der Waals surface area contributed by atoms with Crippen LogP contribution in [0.4, 0.5) is 13.2 Å². The van der Waals surface area contributed by atoms with E-state index in [1.54, 1.807) is 13.0 Å². The first-order valence-corrected chi connectivity index (χ1v) is 12.2. The number of halogens is 3. The van der Waals surface area contributed by atoms with Crippen molar-refractivity contribution in [3.8, 4) is 0 Å². The minimum Gasteiger partial charge on any atom is -0.247 e. The third-order valence-electron chi connectivity index (χ3n) is 8.62. The molecule has 0 spiro atoms. The molecule has 0 fully saturated rings. The molecule has 0 nitrogen and oxygen atoms in total. The molecule has 10 atom stereocenters. The maximum Gasteiger partial charge on any atom is 0.257 e. The summed E-state index contributed by atoms with van der Waals surface area (Å²) in [5.41, 5.74) is 0. The average Bonchev–Trinajstić information content (AvgIpc) is 2.70. The van der Waals surface area contributed by atoms with Gasteiger partial charge in [0, 0.05) is 17.8 Å². The summed E-state index contributed by atoms with van der Waals surface area (Å²) in [5, 5.41) is 0. The van der Waals surface area contributed by atoms with Crippen molar-refractivity contribution in [3.63, 3.8) is 0 Å². The minimum absolute atomic E-state index is 0.0520. The predicted molar refractivity (Wildman–Crippen MR) is 120 cm³/mol. The van der Waals surface area contributed by atoms with Crippen LogP contribution in [0.3, 0.4) is 0 Å². The van der Waals surface area contributed by atoms with E-state index in [-0.39, 0.29) is 23.7 Å². The van der Waals surface area contributed by atoms with Gasteiger partial charge >= 0.3 is 0 Å². The van der Waals surface area contributed by atoms with Crippen LogP contribution in [0, 0.1) is 53.3 Å². The van der Waals surface area contributed by atoms with Gasteiger partial charge in [0.15, 0.2) is 0 Å². The third-order valence-corrected chi connectivity index (χ3v) is 8.62. The Morgan fingerprint density at radius 1 is 0.733 bits per heavy atom. The number of rotatable bonds is 6. The van der Waals surface area contributed by atoms with Crippen LogP contribution in [0.5, 0.6) is 0 Å². The summed E-state index contributed by atoms with van der Waals surface area (Å²) in [6.45, 7) is 10.1. The van der Waals surface area contributed by atoms with E-state index in [0.717, 1.165) is 12.8 Å². The van der Waals surface area contributed by atoms with E-state index in [1.165, 1.54) is 6.42 Å². The summed E-state index contributed by atoms with van der Waals surface area (Å²) < 4.78 is 44.8. The van der Waals surface area contributed by atoms with E-state index in [2.05, 4.69) is 38.2 Å². The fraction of sp³-hybridized carbons (Fsp3) is 0.778. The molecule has 0 amide bonds. The van der Waals surface area contributed by atoms with Crippen molar-refractivity contribution >= 4 is 0 Å². The van der Waals surface area contributed by atoms with E-state index in [1.807, 2.05) is 19.9 Å². The zero-order chi connectivity index (χ0) is 22.1. The zero-order valence-electron chi connectivity index (χ0n) is 19.4. The molecule has 0 heterocycles. The summed E-state index contributed by atoms with van der Waals surface area (Å²) >= 11 is 0. The van der Waals surface area contributed by atoms with E-state index in [0.29, 0.717) is 30.6 Å². The molecule has 3 heteroatoms. The van der Waals surface area contributed by atoms with Crippen molar-refractivity contribution in [1.29, 1.82) is 0 Å². The van der Waals surface area contributed by atoms with Crippen LogP contribution < -0.4 is 0 Å². The Labute approximate surface area is 182 Å². The lowest BCUT2D eigenvalue weighted by Crippen LogP contribution is -2.41. The summed E-state index contributed by atoms with van der Waals surface area (Å²) in [4.78, 5) is 0. The normalized spacial score (nSPS) is 45.6. The third kappa shape index (κ3) is 5.07. The lowest BCUT2D eigenvalue weighted by atomic mass is 9.70. The number of alkyl halides is 3. The molecule has 3 aliphatic rings. The summed E-state index contributed by atoms with van der Waals surface area (Å²) in [6.07, 6.45) is 15.6. The first kappa shape index (κ1) is 23.7. The highest BCUT2D eigenvalue weighted by Gasteiger charge is 2.48. The van der Waals surface area contributed by atoms with Crippen LogP contribution in [0.15, 0.2) is 36.5 Å². The summed E-state index contributed by atoms with van der Waals surface area (Å²) in [7, 11) is 0. The Kier molecular flexibility index (Phi) is 7.62. The molecule has 0 saturated heterocycles. The first-order chi connectivity index (χ1) is 14.1. The second-order valence-corrected chi connectivity index (χ2v) is 10.7. The van der Waals surface area contributed by atoms with Gasteiger partial charge in [0.2, 0.25) is 0 Å². The molecule has 0 aromatic heterocycles. The molecular weight excluding hydrogens is 381 g/mol. The Hall–Kier alpha value is -0.990. The van der Waals surface area contributed by atoms with Gasteiger partial charge < -0.3 is 0 Å². The number of hydrogen-bond acceptors (Lipinski definition) is 0. The topological polar surface area (TPSA) is 0 Å². The molecule has 170 valence electrons. The largest absolute Gasteiger partial charge is 0.257 e. The van der Waals surface area contributed by atoms with Gasteiger partial charge in [-0.2, -0.15) is 0 Å². The van der Waals surface area contributed by atoms with Crippen molar-refractivity contribution in [1.82, 2.24) is 0 Å². The molecule has 0 aromatic rings. The number of allylic oxidation sites excluding steroid dienone is 6. The average molecular weight is 423 g/mol. The zero-order valence-corrected chi connectivity index (χ0v) is 19.4. The van der Waals surface area contributed by atoms with Crippen LogP contribution in [0.2, 0.25) is 0 Å². The monoisotopic (exact) mass is 422 g/mol. The van der Waals surface area contributed by atoms with Gasteiger partial charge in [-0.25, -0.2) is 13.2 Å². The quantitative estimate of drug-likeness (QED) is 0.378. The molecule has 0 bridgehead atoms. The molecule has 0 N–H and O–H groups in total. The second-order valence-electron chi connectivity index (χ2n) is 10.7. The molecule has 3 rings (SSSR count). The molecule has 10 unspecified atom stereocenters. The smallest absolute Gasteiger partial charge is 0.247 e. The molecule has 3 aliphatic carbocycles. The lowest BCUT2D eigenvalue weighted by molar-refractivity contribution is -0.112. The molecule has 0 aliphatic heterocycles. The van der Waals surface area contributed by atoms with Gasteiger partial charge in [0.05, 0.1) is 0 Å². The second kappa shape index (κ2) is 9.65. The van der Waals surface area contributed by atoms with Gasteiger partial charge in [-0.3, -0.25) is 0 Å². The van der Waals surface area contributed by atoms with Crippen LogP contribution in [-0.4, -0.2) is 12.1 Å². The molecule has 0 radical (unpaired) electrons. The van der Waals surface area contributed by atoms with Gasteiger partial charge in [-0.05, 0) is 67.6 Å². The van der Waals surface area contributed by atoms with E-state index in [9.17, 15) is 4.39 Å². The van der Waals surface area contributed by atoms with Crippen LogP contribution in [-0.2, 0) is 0 Å². The van der Waals surface area contributed by atoms with Crippen LogP contribution in [0.25, 0.3) is 0 Å². The van der Waals surface area contributed by atoms with E-state index in [4.69, 9.17) is 0 Å². The van der Waals surface area contributed by atoms with Crippen molar-refractivity contribution in [2.75, 3.05) is 0 Å². The fourth-order valence-corrected chi connectivity index (χ4v) is 5.79. The van der Waals surface area contributed by atoms with Crippen molar-refractivity contribution in [2.24, 2.45) is 53.3 Å². The van der Waals surface area contributed by atoms with Crippen molar-refractivity contribution in [3.05, 3.63) is 36.5 Å². The highest BCUT2D eigenvalue weighted by molar-refractivity contribution is 5.10. The van der Waals surface area contributed by atoms with Crippen molar-refractivity contribution in [2.45, 2.75) is 78.8 Å². The Balaban J connectivity index is 1.56. The van der Waals surface area contributed by atoms with Gasteiger partial charge in [-0.1, -0.05) is 71.1 Å². The van der Waals surface area contributed by atoms with E-state index >= 15 is 8.78 Å². The predicted octanol–water partition coefficient (Wildman–Crippen LogP) is 8.27. The minimum atomic E-state index is -2.69. The molecular formula is C27H41F3. The van der Waals surface area contributed by atoms with Crippen LogP contribution in [0.1, 0.15) is 66.7 Å². The Morgan fingerprint density at radius 3 is 2.07 bits per heavy atom. The lowest BCUT2D eigenvalue weighted by Gasteiger charge is -2.39. The van der Waals surface area contributed by atoms with E-state index < -0.39 is 23.9 Å². The first-order valence-electron chi connectivity index (χ1n) is 12.2. The fourth-order valence-electron chi connectivity index (χ4n) is 5.79. The van der Waals surface area contributed by atoms with Gasteiger partial charge in [-0.15, -0.1) is 0 Å². The summed E-state index contributed by atoms with van der Waals surface area (Å²) in [5.74, 6) is -2.37. The Morgan fingerprint density at radius 2 is 1.37 bits per heavy atom. The molecule has 0 aromatic carbocycles.